The maximum Gasteiger partial charge on any atom is 0.405 e. The SMILES string of the molecule is COc1ccc(OC)c(C(CN2CCC(CNC(=O)c3cc(N)c(Cl)cc3OC)CC2)OC(N)=O)c1. The van der Waals surface area contributed by atoms with Gasteiger partial charge in [0.25, 0.3) is 5.91 Å². The molecule has 0 aromatic heterocycles. The van der Waals surface area contributed by atoms with E-state index >= 15 is 0 Å². The molecule has 10 nitrogen and oxygen atoms in total. The van der Waals surface area contributed by atoms with Crippen LogP contribution in [0.4, 0.5) is 10.5 Å². The fraction of sp³-hybridized carbons (Fsp3) is 0.440. The van der Waals surface area contributed by atoms with Crippen LogP contribution in [0.2, 0.25) is 5.02 Å². The first-order valence-corrected chi connectivity index (χ1v) is 11.9. The average Bonchev–Trinajstić information content (AvgIpc) is 2.88. The highest BCUT2D eigenvalue weighted by Gasteiger charge is 2.27. The minimum atomic E-state index is -0.860. The summed E-state index contributed by atoms with van der Waals surface area (Å²) >= 11 is 6.03. The van der Waals surface area contributed by atoms with Crippen molar-refractivity contribution in [3.05, 3.63) is 46.5 Å². The topological polar surface area (TPSA) is 138 Å². The van der Waals surface area contributed by atoms with Crippen molar-refractivity contribution in [1.29, 1.82) is 0 Å². The number of carbonyl (C=O) groups excluding carboxylic acids is 2. The van der Waals surface area contributed by atoms with Crippen molar-refractivity contribution in [2.75, 3.05) is 53.2 Å². The molecule has 1 fully saturated rings. The standard InChI is InChI=1S/C25H33ClN4O6/c1-33-16-4-5-21(34-2)17(10-16)23(36-25(28)32)14-30-8-6-15(7-9-30)13-29-24(31)18-11-20(27)19(26)12-22(18)35-3/h4-5,10-12,15,23H,6-9,13-14,27H2,1-3H3,(H2,28,32)(H,29,31). The van der Waals surface area contributed by atoms with Gasteiger partial charge in [-0.15, -0.1) is 0 Å². The Morgan fingerprint density at radius 3 is 2.39 bits per heavy atom. The van der Waals surface area contributed by atoms with E-state index < -0.39 is 12.2 Å². The third-order valence-corrected chi connectivity index (χ3v) is 6.62. The molecule has 1 unspecified atom stereocenters. The maximum absolute atomic E-state index is 12.7. The maximum atomic E-state index is 12.7. The van der Waals surface area contributed by atoms with Crippen LogP contribution in [0.1, 0.15) is 34.9 Å². The van der Waals surface area contributed by atoms with Crippen LogP contribution in [0.15, 0.2) is 30.3 Å². The van der Waals surface area contributed by atoms with E-state index in [0.717, 1.165) is 25.9 Å². The smallest absolute Gasteiger partial charge is 0.405 e. The number of benzene rings is 2. The van der Waals surface area contributed by atoms with Crippen molar-refractivity contribution in [2.24, 2.45) is 11.7 Å². The van der Waals surface area contributed by atoms with Crippen LogP contribution in [0.25, 0.3) is 0 Å². The van der Waals surface area contributed by atoms with E-state index in [1.54, 1.807) is 32.4 Å². The van der Waals surface area contributed by atoms with Gasteiger partial charge >= 0.3 is 6.09 Å². The Morgan fingerprint density at radius 1 is 1.08 bits per heavy atom. The molecule has 1 saturated heterocycles. The third kappa shape index (κ3) is 6.86. The number of nitrogen functional groups attached to an aromatic ring is 1. The molecule has 0 spiro atoms. The van der Waals surface area contributed by atoms with Crippen LogP contribution >= 0.6 is 11.6 Å². The van der Waals surface area contributed by atoms with Gasteiger partial charge < -0.3 is 35.7 Å². The number of nitrogens with one attached hydrogen (secondary N) is 1. The molecular weight excluding hydrogens is 488 g/mol. The lowest BCUT2D eigenvalue weighted by Crippen LogP contribution is -2.41. The van der Waals surface area contributed by atoms with E-state index in [1.165, 1.54) is 19.2 Å². The first-order valence-electron chi connectivity index (χ1n) is 11.6. The summed E-state index contributed by atoms with van der Waals surface area (Å²) in [4.78, 5) is 26.6. The Bertz CT molecular complexity index is 1070. The number of primary amides is 1. The highest BCUT2D eigenvalue weighted by Crippen LogP contribution is 2.33. The zero-order valence-corrected chi connectivity index (χ0v) is 21.5. The predicted octanol–water partition coefficient (Wildman–Crippen LogP) is 3.23. The molecule has 2 aromatic rings. The van der Waals surface area contributed by atoms with Crippen molar-refractivity contribution in [3.8, 4) is 17.2 Å². The summed E-state index contributed by atoms with van der Waals surface area (Å²) in [5.41, 5.74) is 12.6. The zero-order chi connectivity index (χ0) is 26.2. The Balaban J connectivity index is 1.59. The van der Waals surface area contributed by atoms with E-state index in [-0.39, 0.29) is 5.91 Å². The number of halogens is 1. The van der Waals surface area contributed by atoms with Crippen molar-refractivity contribution in [1.82, 2.24) is 10.2 Å². The molecule has 196 valence electrons. The number of nitrogens with two attached hydrogens (primary N) is 2. The lowest BCUT2D eigenvalue weighted by atomic mass is 9.95. The van der Waals surface area contributed by atoms with Gasteiger partial charge in [0.05, 0.1) is 37.6 Å². The van der Waals surface area contributed by atoms with Crippen molar-refractivity contribution in [2.45, 2.75) is 18.9 Å². The number of hydrogen-bond donors (Lipinski definition) is 3. The molecule has 36 heavy (non-hydrogen) atoms. The van der Waals surface area contributed by atoms with Gasteiger partial charge in [-0.05, 0) is 56.1 Å². The number of hydrogen-bond acceptors (Lipinski definition) is 8. The summed E-state index contributed by atoms with van der Waals surface area (Å²) in [7, 11) is 4.60. The van der Waals surface area contributed by atoms with Crippen LogP contribution < -0.4 is 31.0 Å². The molecule has 1 atom stereocenters. The van der Waals surface area contributed by atoms with Crippen LogP contribution in [-0.2, 0) is 4.74 Å². The van der Waals surface area contributed by atoms with Gasteiger partial charge in [-0.2, -0.15) is 0 Å². The largest absolute Gasteiger partial charge is 0.497 e. The second-order valence-corrected chi connectivity index (χ2v) is 8.97. The number of likely N-dealkylation sites (tertiary alicyclic amines) is 1. The molecule has 1 aliphatic rings. The number of piperidine rings is 1. The van der Waals surface area contributed by atoms with Crippen molar-refractivity contribution >= 4 is 29.3 Å². The van der Waals surface area contributed by atoms with Crippen molar-refractivity contribution < 1.29 is 28.5 Å². The fourth-order valence-corrected chi connectivity index (χ4v) is 4.44. The second kappa shape index (κ2) is 12.5. The summed E-state index contributed by atoms with van der Waals surface area (Å²) in [6.07, 6.45) is 0.240. The Morgan fingerprint density at radius 2 is 1.78 bits per heavy atom. The molecule has 2 aromatic carbocycles. The van der Waals surface area contributed by atoms with Gasteiger partial charge in [-0.3, -0.25) is 9.69 Å². The summed E-state index contributed by atoms with van der Waals surface area (Å²) < 4.78 is 21.5. The Hall–Kier alpha value is -3.37. The summed E-state index contributed by atoms with van der Waals surface area (Å²) in [6.45, 7) is 2.50. The van der Waals surface area contributed by atoms with E-state index in [2.05, 4.69) is 10.2 Å². The fourth-order valence-electron chi connectivity index (χ4n) is 4.29. The van der Waals surface area contributed by atoms with E-state index in [4.69, 9.17) is 42.0 Å². The minimum Gasteiger partial charge on any atom is -0.497 e. The molecule has 3 rings (SSSR count). The summed E-state index contributed by atoms with van der Waals surface area (Å²) in [5.74, 6) is 1.60. The Labute approximate surface area is 215 Å². The van der Waals surface area contributed by atoms with Gasteiger partial charge in [0.1, 0.15) is 23.4 Å². The second-order valence-electron chi connectivity index (χ2n) is 8.56. The predicted molar refractivity (Wildman–Crippen MR) is 137 cm³/mol. The molecule has 0 aliphatic carbocycles. The quantitative estimate of drug-likeness (QED) is 0.406. The van der Waals surface area contributed by atoms with Gasteiger partial charge in [-0.25, -0.2) is 4.79 Å². The van der Waals surface area contributed by atoms with Gasteiger partial charge in [-0.1, -0.05) is 11.6 Å². The normalized spacial score (nSPS) is 15.1. The molecule has 11 heteroatoms. The van der Waals surface area contributed by atoms with Gasteiger partial charge in [0, 0.05) is 24.7 Å². The minimum absolute atomic E-state index is 0.266. The number of carbonyl (C=O) groups is 2. The molecule has 0 saturated carbocycles. The van der Waals surface area contributed by atoms with E-state index in [0.29, 0.717) is 58.1 Å². The highest BCUT2D eigenvalue weighted by atomic mass is 35.5. The highest BCUT2D eigenvalue weighted by molar-refractivity contribution is 6.33. The summed E-state index contributed by atoms with van der Waals surface area (Å²) in [5, 5.41) is 3.31. The first-order chi connectivity index (χ1) is 17.2. The van der Waals surface area contributed by atoms with Crippen LogP contribution in [0, 0.1) is 5.92 Å². The molecular formula is C25H33ClN4O6. The van der Waals surface area contributed by atoms with Crippen LogP contribution in [0.3, 0.4) is 0 Å². The lowest BCUT2D eigenvalue weighted by Gasteiger charge is -2.34. The molecule has 5 N–H and O–H groups in total. The van der Waals surface area contributed by atoms with Gasteiger partial charge in [0.2, 0.25) is 0 Å². The summed E-state index contributed by atoms with van der Waals surface area (Å²) in [6, 6.07) is 8.38. The average molecular weight is 521 g/mol. The molecule has 1 aliphatic heterocycles. The lowest BCUT2D eigenvalue weighted by molar-refractivity contribution is 0.0619. The Kier molecular flexibility index (Phi) is 9.49. The van der Waals surface area contributed by atoms with Crippen LogP contribution in [-0.4, -0.2) is 64.4 Å². The molecule has 1 heterocycles. The number of methoxy groups -OCH3 is 3. The number of nitrogens with zero attached hydrogens (tertiary/aromatic N) is 1. The van der Waals surface area contributed by atoms with E-state index in [9.17, 15) is 9.59 Å². The molecule has 2 amide bonds. The number of rotatable bonds is 10. The number of ether oxygens (including phenoxy) is 4. The third-order valence-electron chi connectivity index (χ3n) is 6.29. The monoisotopic (exact) mass is 520 g/mol. The zero-order valence-electron chi connectivity index (χ0n) is 20.7. The molecule has 0 radical (unpaired) electrons. The van der Waals surface area contributed by atoms with Crippen LogP contribution in [0.5, 0.6) is 17.2 Å². The number of anilines is 1. The van der Waals surface area contributed by atoms with E-state index in [1.807, 2.05) is 0 Å². The van der Waals surface area contributed by atoms with Crippen molar-refractivity contribution in [3.63, 3.8) is 0 Å². The first kappa shape index (κ1) is 27.2. The number of amides is 2. The molecule has 0 bridgehead atoms. The van der Waals surface area contributed by atoms with Gasteiger partial charge in [0.15, 0.2) is 0 Å².